The molecule has 1 aliphatic rings. The van der Waals surface area contributed by atoms with Crippen LogP contribution in [0.5, 0.6) is 0 Å². The number of hydrogen-bond acceptors (Lipinski definition) is 2. The van der Waals surface area contributed by atoms with Gasteiger partial charge in [0.25, 0.3) is 5.91 Å². The van der Waals surface area contributed by atoms with Gasteiger partial charge >= 0.3 is 0 Å². The fourth-order valence-electron chi connectivity index (χ4n) is 4.01. The number of fused-ring (bicyclic) bond motifs is 3. The number of furan rings is 1. The molecular formula is C24H19BrN2O2. The van der Waals surface area contributed by atoms with E-state index in [9.17, 15) is 4.79 Å². The van der Waals surface area contributed by atoms with E-state index in [0.717, 1.165) is 22.5 Å². The molecule has 0 radical (unpaired) electrons. The quantitative estimate of drug-likeness (QED) is 0.385. The summed E-state index contributed by atoms with van der Waals surface area (Å²) in [5.41, 5.74) is 5.51. The van der Waals surface area contributed by atoms with Gasteiger partial charge in [-0.25, -0.2) is 0 Å². The van der Waals surface area contributed by atoms with Crippen LogP contribution in [0.15, 0.2) is 88.1 Å². The minimum Gasteiger partial charge on any atom is -0.444 e. The van der Waals surface area contributed by atoms with Gasteiger partial charge in [0.15, 0.2) is 10.4 Å². The second kappa shape index (κ2) is 7.08. The van der Waals surface area contributed by atoms with Crippen molar-refractivity contribution in [3.05, 3.63) is 112 Å². The first kappa shape index (κ1) is 18.0. The average Bonchev–Trinajstić information content (AvgIpc) is 3.35. The van der Waals surface area contributed by atoms with E-state index in [4.69, 9.17) is 4.42 Å². The molecule has 4 nitrogen and oxygen atoms in total. The van der Waals surface area contributed by atoms with E-state index < -0.39 is 0 Å². The second-order valence-corrected chi connectivity index (χ2v) is 8.06. The van der Waals surface area contributed by atoms with Crippen LogP contribution >= 0.6 is 15.9 Å². The smallest absolute Gasteiger partial charge is 0.290 e. The first-order chi connectivity index (χ1) is 14.1. The third-order valence-electron chi connectivity index (χ3n) is 5.40. The zero-order valence-corrected chi connectivity index (χ0v) is 17.5. The Kier molecular flexibility index (Phi) is 4.40. The van der Waals surface area contributed by atoms with Gasteiger partial charge in [-0.3, -0.25) is 4.79 Å². The SMILES string of the molecule is Cc1ccc(C2c3cccn3-c3ccccc3CN2C(=O)c2ccc(Br)o2)cc1. The van der Waals surface area contributed by atoms with Crippen molar-refractivity contribution in [1.29, 1.82) is 0 Å². The summed E-state index contributed by atoms with van der Waals surface area (Å²) in [5, 5.41) is 0. The molecule has 0 spiro atoms. The van der Waals surface area contributed by atoms with Crippen LogP contribution in [0.25, 0.3) is 5.69 Å². The van der Waals surface area contributed by atoms with Crippen LogP contribution in [0.4, 0.5) is 0 Å². The molecule has 0 saturated carbocycles. The lowest BCUT2D eigenvalue weighted by Crippen LogP contribution is -2.34. The maximum atomic E-state index is 13.6. The normalized spacial score (nSPS) is 15.5. The third kappa shape index (κ3) is 3.12. The predicted octanol–water partition coefficient (Wildman–Crippen LogP) is 5.89. The minimum absolute atomic E-state index is 0.134. The number of para-hydroxylation sites is 1. The van der Waals surface area contributed by atoms with Gasteiger partial charge in [-0.05, 0) is 64.3 Å². The van der Waals surface area contributed by atoms with E-state index in [1.54, 1.807) is 12.1 Å². The zero-order chi connectivity index (χ0) is 20.0. The third-order valence-corrected chi connectivity index (χ3v) is 5.83. The molecule has 0 fully saturated rings. The summed E-state index contributed by atoms with van der Waals surface area (Å²) in [5.74, 6) is 0.192. The van der Waals surface area contributed by atoms with Crippen LogP contribution in [0, 0.1) is 6.92 Å². The predicted molar refractivity (Wildman–Crippen MR) is 115 cm³/mol. The Morgan fingerprint density at radius 2 is 1.79 bits per heavy atom. The number of amides is 1. The summed E-state index contributed by atoms with van der Waals surface area (Å²) < 4.78 is 8.35. The molecule has 0 aliphatic carbocycles. The van der Waals surface area contributed by atoms with Gasteiger partial charge < -0.3 is 13.9 Å². The summed E-state index contributed by atoms with van der Waals surface area (Å²) in [6.07, 6.45) is 2.06. The number of aromatic nitrogens is 1. The summed E-state index contributed by atoms with van der Waals surface area (Å²) in [4.78, 5) is 15.5. The number of carbonyl (C=O) groups excluding carboxylic acids is 1. The number of benzene rings is 2. The van der Waals surface area contributed by atoms with Gasteiger partial charge in [-0.1, -0.05) is 48.0 Å². The van der Waals surface area contributed by atoms with Gasteiger partial charge in [-0.2, -0.15) is 0 Å². The number of halogens is 1. The first-order valence-electron chi connectivity index (χ1n) is 9.50. The van der Waals surface area contributed by atoms with Crippen LogP contribution in [0.2, 0.25) is 0 Å². The fourth-order valence-corrected chi connectivity index (χ4v) is 4.32. The van der Waals surface area contributed by atoms with E-state index in [-0.39, 0.29) is 11.9 Å². The summed E-state index contributed by atoms with van der Waals surface area (Å²) in [7, 11) is 0. The molecule has 2 aromatic carbocycles. The van der Waals surface area contributed by atoms with Crippen molar-refractivity contribution in [2.45, 2.75) is 19.5 Å². The van der Waals surface area contributed by atoms with Crippen LogP contribution in [0.1, 0.15) is 39.0 Å². The molecule has 0 saturated heterocycles. The Morgan fingerprint density at radius 3 is 2.55 bits per heavy atom. The molecule has 0 N–H and O–H groups in total. The molecule has 1 unspecified atom stereocenters. The molecule has 4 aromatic rings. The number of rotatable bonds is 2. The van der Waals surface area contributed by atoms with Crippen LogP contribution < -0.4 is 0 Å². The molecule has 144 valence electrons. The molecule has 2 aromatic heterocycles. The molecule has 0 bridgehead atoms. The Morgan fingerprint density at radius 1 is 1.00 bits per heavy atom. The van der Waals surface area contributed by atoms with Crippen molar-refractivity contribution in [2.75, 3.05) is 0 Å². The molecule has 1 atom stereocenters. The van der Waals surface area contributed by atoms with Gasteiger partial charge in [-0.15, -0.1) is 0 Å². The first-order valence-corrected chi connectivity index (χ1v) is 10.3. The van der Waals surface area contributed by atoms with Gasteiger partial charge in [0.05, 0.1) is 11.7 Å². The Labute approximate surface area is 177 Å². The molecule has 29 heavy (non-hydrogen) atoms. The molecule has 3 heterocycles. The van der Waals surface area contributed by atoms with Crippen molar-refractivity contribution in [2.24, 2.45) is 0 Å². The maximum absolute atomic E-state index is 13.6. The van der Waals surface area contributed by atoms with E-state index >= 15 is 0 Å². The van der Waals surface area contributed by atoms with Crippen molar-refractivity contribution in [1.82, 2.24) is 9.47 Å². The summed E-state index contributed by atoms with van der Waals surface area (Å²) >= 11 is 3.31. The average molecular weight is 447 g/mol. The van der Waals surface area contributed by atoms with E-state index in [1.165, 1.54) is 5.56 Å². The largest absolute Gasteiger partial charge is 0.444 e. The summed E-state index contributed by atoms with van der Waals surface area (Å²) in [6.45, 7) is 2.56. The molecule has 1 amide bonds. The van der Waals surface area contributed by atoms with Gasteiger partial charge in [0.1, 0.15) is 0 Å². The van der Waals surface area contributed by atoms with Crippen molar-refractivity contribution >= 4 is 21.8 Å². The topological polar surface area (TPSA) is 38.4 Å². The van der Waals surface area contributed by atoms with Crippen LogP contribution in [-0.4, -0.2) is 15.4 Å². The highest BCUT2D eigenvalue weighted by molar-refractivity contribution is 9.10. The Hall–Kier alpha value is -3.05. The zero-order valence-electron chi connectivity index (χ0n) is 15.9. The lowest BCUT2D eigenvalue weighted by Gasteiger charge is -2.30. The Balaban J connectivity index is 1.72. The monoisotopic (exact) mass is 446 g/mol. The molecule has 5 heteroatoms. The van der Waals surface area contributed by atoms with Crippen molar-refractivity contribution in [3.8, 4) is 5.69 Å². The van der Waals surface area contributed by atoms with E-state index in [2.05, 4.69) is 76.1 Å². The minimum atomic E-state index is -0.227. The van der Waals surface area contributed by atoms with E-state index in [1.807, 2.05) is 23.1 Å². The highest BCUT2D eigenvalue weighted by Gasteiger charge is 2.34. The van der Waals surface area contributed by atoms with Gasteiger partial charge in [0.2, 0.25) is 0 Å². The molecule has 1 aliphatic heterocycles. The highest BCUT2D eigenvalue weighted by atomic mass is 79.9. The number of hydrogen-bond donors (Lipinski definition) is 0. The van der Waals surface area contributed by atoms with Crippen molar-refractivity contribution < 1.29 is 9.21 Å². The number of carbonyl (C=O) groups is 1. The van der Waals surface area contributed by atoms with Crippen LogP contribution in [-0.2, 0) is 6.54 Å². The summed E-state index contributed by atoms with van der Waals surface area (Å²) in [6, 6.07) is 24.0. The van der Waals surface area contributed by atoms with Crippen molar-refractivity contribution in [3.63, 3.8) is 0 Å². The molecular weight excluding hydrogens is 428 g/mol. The maximum Gasteiger partial charge on any atom is 0.290 e. The lowest BCUT2D eigenvalue weighted by atomic mass is 10.00. The fraction of sp³-hybridized carbons (Fsp3) is 0.125. The number of nitrogens with zero attached hydrogens (tertiary/aromatic N) is 2. The van der Waals surface area contributed by atoms with Crippen LogP contribution in [0.3, 0.4) is 0 Å². The Bertz CT molecular complexity index is 1190. The number of aryl methyl sites for hydroxylation is 1. The standard InChI is InChI=1S/C24H19BrN2O2/c1-16-8-10-17(11-9-16)23-20-7-4-14-26(20)19-6-3-2-5-18(19)15-27(23)24(28)21-12-13-22(25)29-21/h2-14,23H,15H2,1H3. The lowest BCUT2D eigenvalue weighted by molar-refractivity contribution is 0.0657. The van der Waals surface area contributed by atoms with Gasteiger partial charge in [0, 0.05) is 18.4 Å². The molecule has 5 rings (SSSR count). The van der Waals surface area contributed by atoms with E-state index in [0.29, 0.717) is 17.0 Å². The highest BCUT2D eigenvalue weighted by Crippen LogP contribution is 2.37. The second-order valence-electron chi connectivity index (χ2n) is 7.28.